The molecule has 0 bridgehead atoms. The lowest BCUT2D eigenvalue weighted by molar-refractivity contribution is -0.244. The molecule has 0 N–H and O–H groups in total. The van der Waals surface area contributed by atoms with Gasteiger partial charge in [0.15, 0.2) is 5.69 Å². The van der Waals surface area contributed by atoms with Crippen LogP contribution in [0.4, 0.5) is 18.9 Å². The molecular weight excluding hydrogens is 235 g/mol. The third kappa shape index (κ3) is 3.34. The molecule has 0 aliphatic rings. The molecule has 17 heavy (non-hydrogen) atoms. The molecule has 1 aromatic rings. The van der Waals surface area contributed by atoms with Crippen molar-refractivity contribution in [3.05, 3.63) is 47.3 Å². The molecule has 0 saturated heterocycles. The second-order valence-electron chi connectivity index (χ2n) is 3.03. The van der Waals surface area contributed by atoms with Crippen LogP contribution >= 0.6 is 0 Å². The SMILES string of the molecule is [C-]#[N+]c1ccc(/C([O-])=C/C(=O)C(F)(F)F)cc1. The topological polar surface area (TPSA) is 44.5 Å². The van der Waals surface area contributed by atoms with E-state index in [0.717, 1.165) is 0 Å². The van der Waals surface area contributed by atoms with E-state index >= 15 is 0 Å². The number of hydrogen-bond acceptors (Lipinski definition) is 2. The molecule has 1 aromatic carbocycles. The fraction of sp³-hybridized carbons (Fsp3) is 0.0909. The predicted octanol–water partition coefficient (Wildman–Crippen LogP) is 2.07. The van der Waals surface area contributed by atoms with Crippen LogP contribution in [-0.4, -0.2) is 12.0 Å². The number of alkyl halides is 3. The van der Waals surface area contributed by atoms with Crippen LogP contribution in [0.1, 0.15) is 5.56 Å². The van der Waals surface area contributed by atoms with E-state index in [1.165, 1.54) is 24.3 Å². The van der Waals surface area contributed by atoms with Gasteiger partial charge in [-0.05, 0) is 11.6 Å². The third-order valence-corrected chi connectivity index (χ3v) is 1.82. The number of carbonyl (C=O) groups is 1. The van der Waals surface area contributed by atoms with Crippen molar-refractivity contribution in [2.24, 2.45) is 0 Å². The van der Waals surface area contributed by atoms with Crippen molar-refractivity contribution in [2.45, 2.75) is 6.18 Å². The molecule has 0 atom stereocenters. The van der Waals surface area contributed by atoms with Crippen LogP contribution in [0.15, 0.2) is 30.3 Å². The highest BCUT2D eigenvalue weighted by Crippen LogP contribution is 2.20. The van der Waals surface area contributed by atoms with Crippen LogP contribution in [-0.2, 0) is 4.79 Å². The van der Waals surface area contributed by atoms with E-state index in [1.54, 1.807) is 0 Å². The summed E-state index contributed by atoms with van der Waals surface area (Å²) in [6, 6.07) is 4.95. The number of allylic oxidation sites excluding steroid dienone is 1. The van der Waals surface area contributed by atoms with Crippen LogP contribution in [0.2, 0.25) is 0 Å². The maximum Gasteiger partial charge on any atom is 0.454 e. The van der Waals surface area contributed by atoms with Gasteiger partial charge < -0.3 is 5.11 Å². The molecule has 0 aliphatic heterocycles. The Bertz CT molecular complexity index is 495. The highest BCUT2D eigenvalue weighted by Gasteiger charge is 2.36. The summed E-state index contributed by atoms with van der Waals surface area (Å²) >= 11 is 0. The normalized spacial score (nSPS) is 12.0. The fourth-order valence-corrected chi connectivity index (χ4v) is 0.984. The zero-order chi connectivity index (χ0) is 13.1. The number of ketones is 1. The molecule has 0 fully saturated rings. The minimum Gasteiger partial charge on any atom is -0.872 e. The highest BCUT2D eigenvalue weighted by atomic mass is 19.4. The molecule has 0 saturated carbocycles. The first-order valence-electron chi connectivity index (χ1n) is 4.32. The van der Waals surface area contributed by atoms with Crippen LogP contribution in [0, 0.1) is 6.57 Å². The van der Waals surface area contributed by atoms with E-state index in [-0.39, 0.29) is 17.3 Å². The Kier molecular flexibility index (Phi) is 3.53. The molecule has 6 heteroatoms. The molecule has 0 amide bonds. The predicted molar refractivity (Wildman–Crippen MR) is 51.7 cm³/mol. The first-order chi connectivity index (χ1) is 7.84. The number of rotatable bonds is 2. The minimum atomic E-state index is -5.05. The molecule has 0 heterocycles. The van der Waals surface area contributed by atoms with E-state index < -0.39 is 17.7 Å². The lowest BCUT2D eigenvalue weighted by Crippen LogP contribution is -2.21. The monoisotopic (exact) mass is 240 g/mol. The lowest BCUT2D eigenvalue weighted by atomic mass is 10.1. The van der Waals surface area contributed by atoms with Crippen molar-refractivity contribution < 1.29 is 23.1 Å². The first-order valence-corrected chi connectivity index (χ1v) is 4.32. The Hall–Kier alpha value is -2.29. The van der Waals surface area contributed by atoms with Gasteiger partial charge in [0.05, 0.1) is 6.57 Å². The Balaban J connectivity index is 2.97. The van der Waals surface area contributed by atoms with Crippen molar-refractivity contribution in [3.8, 4) is 0 Å². The number of benzene rings is 1. The number of nitrogens with zero attached hydrogens (tertiary/aromatic N) is 1. The minimum absolute atomic E-state index is 0.00710. The summed E-state index contributed by atoms with van der Waals surface area (Å²) in [4.78, 5) is 13.6. The third-order valence-electron chi connectivity index (χ3n) is 1.82. The van der Waals surface area contributed by atoms with E-state index in [2.05, 4.69) is 4.85 Å². The number of carbonyl (C=O) groups excluding carboxylic acids is 1. The first kappa shape index (κ1) is 12.8. The molecule has 88 valence electrons. The van der Waals surface area contributed by atoms with Gasteiger partial charge in [-0.2, -0.15) is 13.2 Å². The summed E-state index contributed by atoms with van der Waals surface area (Å²) in [5.74, 6) is -3.24. The summed E-state index contributed by atoms with van der Waals surface area (Å²) in [6.45, 7) is 6.65. The Morgan fingerprint density at radius 3 is 2.24 bits per heavy atom. The smallest absolute Gasteiger partial charge is 0.454 e. The molecule has 0 spiro atoms. The maximum atomic E-state index is 11.9. The lowest BCUT2D eigenvalue weighted by Gasteiger charge is -2.12. The van der Waals surface area contributed by atoms with Crippen molar-refractivity contribution in [1.82, 2.24) is 0 Å². The van der Waals surface area contributed by atoms with E-state index in [0.29, 0.717) is 0 Å². The second kappa shape index (κ2) is 4.70. The average molecular weight is 240 g/mol. The van der Waals surface area contributed by atoms with Gasteiger partial charge in [0, 0.05) is 0 Å². The standard InChI is InChI=1S/C11H6F3NO2/c1-15-8-4-2-7(3-5-8)9(16)6-10(17)11(12,13)14/h2-6,16H/p-1/b9-6-. The molecular formula is C11H5F3NO2-. The fourth-order valence-electron chi connectivity index (χ4n) is 0.984. The van der Waals surface area contributed by atoms with Crippen molar-refractivity contribution >= 4 is 17.2 Å². The summed E-state index contributed by atoms with van der Waals surface area (Å²) < 4.78 is 35.6. The van der Waals surface area contributed by atoms with E-state index in [4.69, 9.17) is 6.57 Å². The van der Waals surface area contributed by atoms with Gasteiger partial charge >= 0.3 is 6.18 Å². The maximum absolute atomic E-state index is 11.9. The largest absolute Gasteiger partial charge is 0.872 e. The Morgan fingerprint density at radius 2 is 1.82 bits per heavy atom. The average Bonchev–Trinajstić information content (AvgIpc) is 2.27. The highest BCUT2D eigenvalue weighted by molar-refractivity contribution is 5.98. The summed E-state index contributed by atoms with van der Waals surface area (Å²) in [5, 5.41) is 11.2. The van der Waals surface area contributed by atoms with Gasteiger partial charge in [0.1, 0.15) is 0 Å². The molecule has 0 aliphatic carbocycles. The van der Waals surface area contributed by atoms with Crippen LogP contribution in [0.3, 0.4) is 0 Å². The van der Waals surface area contributed by atoms with Gasteiger partial charge in [-0.1, -0.05) is 30.0 Å². The van der Waals surface area contributed by atoms with Crippen molar-refractivity contribution in [1.29, 1.82) is 0 Å². The van der Waals surface area contributed by atoms with E-state index in [1.807, 2.05) is 0 Å². The van der Waals surface area contributed by atoms with Gasteiger partial charge in [0.2, 0.25) is 0 Å². The van der Waals surface area contributed by atoms with Gasteiger partial charge in [-0.25, -0.2) is 4.85 Å². The zero-order valence-corrected chi connectivity index (χ0v) is 8.28. The number of halogens is 3. The van der Waals surface area contributed by atoms with Crippen LogP contribution in [0.5, 0.6) is 0 Å². The van der Waals surface area contributed by atoms with Crippen molar-refractivity contribution in [3.63, 3.8) is 0 Å². The van der Waals surface area contributed by atoms with Gasteiger partial charge in [-0.15, -0.1) is 0 Å². The van der Waals surface area contributed by atoms with Crippen LogP contribution < -0.4 is 5.11 Å². The summed E-state index contributed by atoms with van der Waals surface area (Å²) in [5.41, 5.74) is 0.179. The van der Waals surface area contributed by atoms with Gasteiger partial charge in [-0.3, -0.25) is 4.79 Å². The molecule has 3 nitrogen and oxygen atoms in total. The van der Waals surface area contributed by atoms with Gasteiger partial charge in [0.25, 0.3) is 5.78 Å². The second-order valence-corrected chi connectivity index (χ2v) is 3.03. The molecule has 1 rings (SSSR count). The Morgan fingerprint density at radius 1 is 1.29 bits per heavy atom. The molecule has 0 radical (unpaired) electrons. The summed E-state index contributed by atoms with van der Waals surface area (Å²) in [6.07, 6.45) is -5.06. The van der Waals surface area contributed by atoms with E-state index in [9.17, 15) is 23.1 Å². The quantitative estimate of drug-likeness (QED) is 0.451. The van der Waals surface area contributed by atoms with Crippen molar-refractivity contribution in [2.75, 3.05) is 0 Å². The molecule has 0 aromatic heterocycles. The van der Waals surface area contributed by atoms with Crippen LogP contribution in [0.25, 0.3) is 10.6 Å². The zero-order valence-electron chi connectivity index (χ0n) is 8.28. The molecule has 0 unspecified atom stereocenters. The summed E-state index contributed by atoms with van der Waals surface area (Å²) in [7, 11) is 0. The number of hydrogen-bond donors (Lipinski definition) is 0. The Labute approximate surface area is 94.6 Å².